The second kappa shape index (κ2) is 26.4. The fraction of sp³-hybridized carbons (Fsp3) is 0.619. The van der Waals surface area contributed by atoms with Crippen LogP contribution in [0.5, 0.6) is 5.75 Å². The molecule has 0 saturated carbocycles. The summed E-state index contributed by atoms with van der Waals surface area (Å²) in [6.07, 6.45) is -2.18. The van der Waals surface area contributed by atoms with E-state index in [1.54, 1.807) is 39.8 Å². The lowest BCUT2D eigenvalue weighted by molar-refractivity contribution is -0.143. The minimum atomic E-state index is -1.58. The standard InChI is InChI=1S/C42H68N12O12/c1-20(2)16-29(38(63)48-22(5)35(44)60)52-37(62)28(13-14-32(58)59)50-40(65)33(21(3)4)53-41(66)34(23(6)55)54-19-25(18-31(54)57)49-39(64)30(17-24-9-11-26(56)12-10-24)51-36(61)27(43)8-7-15-47-42(45)46/h9-12,20-23,25,27-30,33-34,55-56H,7-8,13-19,43H2,1-6H3,(H2,44,60)(H,48,63)(H,49,64)(H,50,65)(H,51,61)(H,52,62)(H,53,66)(H,58,59)(H4,45,46,47)/t22-,23-,25+,27-,28-,29-,30-,33-,34-/m1/s1. The van der Waals surface area contributed by atoms with Crippen molar-refractivity contribution in [3.63, 3.8) is 0 Å². The van der Waals surface area contributed by atoms with Gasteiger partial charge in [0.05, 0.1) is 18.2 Å². The third-order valence-corrected chi connectivity index (χ3v) is 10.6. The molecule has 1 aliphatic rings. The summed E-state index contributed by atoms with van der Waals surface area (Å²) >= 11 is 0. The topological polar surface area (TPSA) is 404 Å². The molecule has 0 bridgehead atoms. The minimum absolute atomic E-state index is 0.0259. The van der Waals surface area contributed by atoms with Crippen molar-refractivity contribution in [1.82, 2.24) is 42.1 Å². The highest BCUT2D eigenvalue weighted by molar-refractivity contribution is 5.97. The molecule has 2 rings (SSSR count). The fourth-order valence-corrected chi connectivity index (χ4v) is 6.98. The van der Waals surface area contributed by atoms with Crippen LogP contribution >= 0.6 is 0 Å². The molecular formula is C42H68N12O12. The number of benzene rings is 1. The van der Waals surface area contributed by atoms with E-state index in [0.29, 0.717) is 12.0 Å². The second-order valence-electron chi connectivity index (χ2n) is 17.2. The number of likely N-dealkylation sites (tertiary alicyclic amines) is 1. The van der Waals surface area contributed by atoms with E-state index in [1.807, 2.05) is 0 Å². The molecule has 9 atom stereocenters. The van der Waals surface area contributed by atoms with Gasteiger partial charge in [0.25, 0.3) is 0 Å². The van der Waals surface area contributed by atoms with Gasteiger partial charge in [-0.1, -0.05) is 39.8 Å². The summed E-state index contributed by atoms with van der Waals surface area (Å²) in [6.45, 7) is 9.29. The Morgan fingerprint density at radius 1 is 0.788 bits per heavy atom. The summed E-state index contributed by atoms with van der Waals surface area (Å²) in [6, 6.07) is -4.03. The first kappa shape index (κ1) is 55.6. The molecule has 1 heterocycles. The maximum absolute atomic E-state index is 13.9. The number of primary amides is 1. The maximum atomic E-state index is 13.9. The molecule has 0 unspecified atom stereocenters. The van der Waals surface area contributed by atoms with Crippen molar-refractivity contribution < 1.29 is 58.5 Å². The number of phenols is 1. The van der Waals surface area contributed by atoms with Gasteiger partial charge < -0.3 is 74.6 Å². The molecule has 24 nitrogen and oxygen atoms in total. The van der Waals surface area contributed by atoms with Gasteiger partial charge in [-0.3, -0.25) is 48.6 Å². The number of hydrogen-bond acceptors (Lipinski definition) is 13. The van der Waals surface area contributed by atoms with Crippen LogP contribution in [0.25, 0.3) is 0 Å². The summed E-state index contributed by atoms with van der Waals surface area (Å²) < 4.78 is 0. The number of nitrogens with two attached hydrogens (primary N) is 3. The van der Waals surface area contributed by atoms with Crippen molar-refractivity contribution in [2.75, 3.05) is 13.1 Å². The zero-order valence-corrected chi connectivity index (χ0v) is 38.2. The molecular weight excluding hydrogens is 865 g/mol. The van der Waals surface area contributed by atoms with Crippen LogP contribution in [-0.2, 0) is 49.6 Å². The molecule has 0 aliphatic carbocycles. The Morgan fingerprint density at radius 3 is 1.92 bits per heavy atom. The Hall–Kier alpha value is -6.56. The van der Waals surface area contributed by atoms with Gasteiger partial charge in [-0.05, 0) is 69.1 Å². The lowest BCUT2D eigenvalue weighted by atomic mass is 10.00. The van der Waals surface area contributed by atoms with E-state index >= 15 is 0 Å². The second-order valence-corrected chi connectivity index (χ2v) is 17.2. The Labute approximate surface area is 383 Å². The molecule has 66 heavy (non-hydrogen) atoms. The number of carboxylic acids is 1. The number of aliphatic hydroxyl groups excluding tert-OH is 1. The molecule has 24 heteroatoms. The monoisotopic (exact) mass is 933 g/mol. The van der Waals surface area contributed by atoms with Gasteiger partial charge in [0.2, 0.25) is 47.3 Å². The number of guanidine groups is 1. The number of phenolic OH excluding ortho intramolecular Hbond substituents is 1. The number of amides is 8. The molecule has 1 aromatic rings. The number of aliphatic hydroxyl groups is 1. The van der Waals surface area contributed by atoms with E-state index < -0.39 is 126 Å². The van der Waals surface area contributed by atoms with Crippen molar-refractivity contribution >= 4 is 59.2 Å². The number of nitrogens with zero attached hydrogens (tertiary/aromatic N) is 1. The quantitative estimate of drug-likeness (QED) is 0.0231. The average molecular weight is 933 g/mol. The Balaban J connectivity index is 2.27. The lowest BCUT2D eigenvalue weighted by Crippen LogP contribution is -2.61. The average Bonchev–Trinajstić information content (AvgIpc) is 3.57. The molecule has 1 aliphatic heterocycles. The smallest absolute Gasteiger partial charge is 0.303 e. The molecule has 0 spiro atoms. The highest BCUT2D eigenvalue weighted by Crippen LogP contribution is 2.20. The Kier molecular flexibility index (Phi) is 22.2. The van der Waals surface area contributed by atoms with Crippen LogP contribution in [0.2, 0.25) is 0 Å². The summed E-state index contributed by atoms with van der Waals surface area (Å²) in [5.74, 6) is -8.74. The van der Waals surface area contributed by atoms with Gasteiger partial charge in [-0.25, -0.2) is 0 Å². The maximum Gasteiger partial charge on any atom is 0.303 e. The summed E-state index contributed by atoms with van der Waals surface area (Å²) in [5, 5.41) is 55.2. The first-order valence-corrected chi connectivity index (χ1v) is 21.7. The van der Waals surface area contributed by atoms with E-state index in [2.05, 4.69) is 37.2 Å². The summed E-state index contributed by atoms with van der Waals surface area (Å²) in [4.78, 5) is 119. The predicted molar refractivity (Wildman–Crippen MR) is 238 cm³/mol. The van der Waals surface area contributed by atoms with Crippen molar-refractivity contribution in [1.29, 1.82) is 5.41 Å². The number of aliphatic carboxylic acids is 1. The first-order valence-electron chi connectivity index (χ1n) is 21.7. The highest BCUT2D eigenvalue weighted by Gasteiger charge is 2.43. The van der Waals surface area contributed by atoms with Gasteiger partial charge in [0, 0.05) is 32.4 Å². The number of hydrogen-bond donors (Lipinski definition) is 14. The van der Waals surface area contributed by atoms with Crippen LogP contribution in [0.4, 0.5) is 0 Å². The van der Waals surface area contributed by atoms with Crippen molar-refractivity contribution in [2.45, 2.75) is 141 Å². The molecule has 0 aromatic heterocycles. The predicted octanol–water partition coefficient (Wildman–Crippen LogP) is -3.51. The number of carbonyl (C=O) groups excluding carboxylic acids is 8. The van der Waals surface area contributed by atoms with Crippen LogP contribution in [0, 0.1) is 17.2 Å². The third kappa shape index (κ3) is 18.5. The van der Waals surface area contributed by atoms with Crippen LogP contribution in [0.15, 0.2) is 24.3 Å². The van der Waals surface area contributed by atoms with E-state index in [-0.39, 0.29) is 56.4 Å². The van der Waals surface area contributed by atoms with Crippen LogP contribution in [-0.4, -0.2) is 147 Å². The first-order chi connectivity index (χ1) is 30.8. The zero-order chi connectivity index (χ0) is 50.0. The Morgan fingerprint density at radius 2 is 1.38 bits per heavy atom. The van der Waals surface area contributed by atoms with E-state index in [0.717, 1.165) is 4.90 Å². The van der Waals surface area contributed by atoms with E-state index in [4.69, 9.17) is 22.6 Å². The molecule has 17 N–H and O–H groups in total. The number of carboxylic acid groups (broad SMARTS) is 1. The lowest BCUT2D eigenvalue weighted by Gasteiger charge is -2.32. The van der Waals surface area contributed by atoms with Gasteiger partial charge in [-0.2, -0.15) is 0 Å². The van der Waals surface area contributed by atoms with Gasteiger partial charge in [0.1, 0.15) is 42.0 Å². The van der Waals surface area contributed by atoms with Gasteiger partial charge in [-0.15, -0.1) is 0 Å². The van der Waals surface area contributed by atoms with Crippen LogP contribution in [0.3, 0.4) is 0 Å². The highest BCUT2D eigenvalue weighted by atomic mass is 16.4. The SMILES string of the molecule is CC(C)C[C@@H](NC(=O)[C@@H](CCC(=O)O)NC(=O)[C@H](NC(=O)[C@@H]([C@@H](C)O)N1C[C@@H](NC(=O)[C@@H](Cc2ccc(O)cc2)NC(=O)[C@H](N)CCCNC(=N)N)CC1=O)C(C)C)C(=O)N[C@H](C)C(N)=O. The van der Waals surface area contributed by atoms with E-state index in [9.17, 15) is 58.5 Å². The van der Waals surface area contributed by atoms with Crippen molar-refractivity contribution in [2.24, 2.45) is 29.0 Å². The number of rotatable bonds is 27. The minimum Gasteiger partial charge on any atom is -0.508 e. The summed E-state index contributed by atoms with van der Waals surface area (Å²) in [5.41, 5.74) is 17.2. The molecule has 368 valence electrons. The molecule has 8 amide bonds. The number of carbonyl (C=O) groups is 9. The number of nitrogens with one attached hydrogen (secondary N) is 8. The molecule has 1 fully saturated rings. The van der Waals surface area contributed by atoms with Crippen molar-refractivity contribution in [3.05, 3.63) is 29.8 Å². The largest absolute Gasteiger partial charge is 0.508 e. The zero-order valence-electron chi connectivity index (χ0n) is 38.2. The van der Waals surface area contributed by atoms with Crippen LogP contribution in [0.1, 0.15) is 85.6 Å². The molecule has 1 aromatic carbocycles. The third-order valence-electron chi connectivity index (χ3n) is 10.6. The van der Waals surface area contributed by atoms with Crippen LogP contribution < -0.4 is 54.4 Å². The summed E-state index contributed by atoms with van der Waals surface area (Å²) in [7, 11) is 0. The van der Waals surface area contributed by atoms with Gasteiger partial charge >= 0.3 is 5.97 Å². The molecule has 0 radical (unpaired) electrons. The van der Waals surface area contributed by atoms with Crippen molar-refractivity contribution in [3.8, 4) is 5.75 Å². The number of aromatic hydroxyl groups is 1. The van der Waals surface area contributed by atoms with Gasteiger partial charge in [0.15, 0.2) is 5.96 Å². The van der Waals surface area contributed by atoms with E-state index in [1.165, 1.54) is 26.0 Å². The Bertz CT molecular complexity index is 1900. The normalized spacial score (nSPS) is 17.2. The fourth-order valence-electron chi connectivity index (χ4n) is 6.98. The molecule has 1 saturated heterocycles.